The van der Waals surface area contributed by atoms with E-state index in [1.54, 1.807) is 7.11 Å². The first-order valence-electron chi connectivity index (χ1n) is 9.04. The van der Waals surface area contributed by atoms with Crippen molar-refractivity contribution in [3.05, 3.63) is 35.6 Å². The van der Waals surface area contributed by atoms with Crippen LogP contribution >= 0.6 is 0 Å². The lowest BCUT2D eigenvalue weighted by Gasteiger charge is -2.20. The van der Waals surface area contributed by atoms with E-state index >= 15 is 0 Å². The molecule has 2 aromatic rings. The third-order valence-corrected chi connectivity index (χ3v) is 5.10. The Labute approximate surface area is 143 Å². The number of benzene rings is 1. The van der Waals surface area contributed by atoms with Gasteiger partial charge in [-0.15, -0.1) is 0 Å². The molecule has 24 heavy (non-hydrogen) atoms. The van der Waals surface area contributed by atoms with Crippen molar-refractivity contribution in [3.8, 4) is 0 Å². The lowest BCUT2D eigenvalue weighted by molar-refractivity contribution is 0.0894. The van der Waals surface area contributed by atoms with E-state index in [-0.39, 0.29) is 11.9 Å². The fourth-order valence-electron chi connectivity index (χ4n) is 3.84. The number of para-hydroxylation sites is 1. The van der Waals surface area contributed by atoms with Gasteiger partial charge in [-0.05, 0) is 31.2 Å². The van der Waals surface area contributed by atoms with E-state index in [2.05, 4.69) is 12.2 Å². The molecule has 1 fully saturated rings. The van der Waals surface area contributed by atoms with Gasteiger partial charge in [0.1, 0.15) is 5.58 Å². The highest BCUT2D eigenvalue weighted by Crippen LogP contribution is 2.31. The van der Waals surface area contributed by atoms with E-state index in [9.17, 15) is 4.79 Å². The van der Waals surface area contributed by atoms with E-state index in [1.165, 1.54) is 32.1 Å². The van der Waals surface area contributed by atoms with Crippen LogP contribution in [0.15, 0.2) is 28.7 Å². The minimum absolute atomic E-state index is 0.105. The summed E-state index contributed by atoms with van der Waals surface area (Å²) in [6.45, 7) is 2.59. The van der Waals surface area contributed by atoms with E-state index < -0.39 is 0 Å². The third kappa shape index (κ3) is 3.48. The average molecular weight is 329 g/mol. The largest absolute Gasteiger partial charge is 0.451 e. The molecule has 1 N–H and O–H groups in total. The first-order chi connectivity index (χ1) is 11.7. The Morgan fingerprint density at radius 2 is 2.17 bits per heavy atom. The van der Waals surface area contributed by atoms with Crippen molar-refractivity contribution in [1.82, 2.24) is 5.32 Å². The van der Waals surface area contributed by atoms with Crippen molar-refractivity contribution >= 4 is 16.9 Å². The summed E-state index contributed by atoms with van der Waals surface area (Å²) in [5, 5.41) is 4.18. The summed E-state index contributed by atoms with van der Waals surface area (Å²) in [7, 11) is 1.64. The number of amides is 1. The molecule has 2 unspecified atom stereocenters. The highest BCUT2D eigenvalue weighted by molar-refractivity contribution is 5.99. The molecule has 3 rings (SSSR count). The molecule has 0 bridgehead atoms. The highest BCUT2D eigenvalue weighted by atomic mass is 16.5. The quantitative estimate of drug-likeness (QED) is 0.803. The monoisotopic (exact) mass is 329 g/mol. The molecule has 130 valence electrons. The summed E-state index contributed by atoms with van der Waals surface area (Å²) < 4.78 is 11.1. The van der Waals surface area contributed by atoms with E-state index in [0.29, 0.717) is 18.3 Å². The maximum atomic E-state index is 12.8. The number of carbonyl (C=O) groups excluding carboxylic acids is 1. The second-order valence-electron chi connectivity index (χ2n) is 6.75. The van der Waals surface area contributed by atoms with E-state index in [4.69, 9.17) is 9.15 Å². The Morgan fingerprint density at radius 1 is 1.33 bits per heavy atom. The van der Waals surface area contributed by atoms with Gasteiger partial charge in [-0.2, -0.15) is 0 Å². The van der Waals surface area contributed by atoms with Gasteiger partial charge in [0, 0.05) is 24.1 Å². The molecule has 0 radical (unpaired) electrons. The summed E-state index contributed by atoms with van der Waals surface area (Å²) >= 11 is 0. The number of fused-ring (bicyclic) bond motifs is 1. The lowest BCUT2D eigenvalue weighted by Crippen LogP contribution is -2.37. The summed E-state index contributed by atoms with van der Waals surface area (Å²) in [6.07, 6.45) is 7.13. The molecule has 1 aromatic carbocycles. The molecule has 4 heteroatoms. The third-order valence-electron chi connectivity index (χ3n) is 5.10. The number of nitrogens with one attached hydrogen (secondary N) is 1. The first kappa shape index (κ1) is 17.0. The van der Waals surface area contributed by atoms with Crippen molar-refractivity contribution in [2.75, 3.05) is 7.11 Å². The zero-order valence-corrected chi connectivity index (χ0v) is 14.6. The minimum atomic E-state index is -0.105. The molecule has 0 aliphatic heterocycles. The van der Waals surface area contributed by atoms with Crippen molar-refractivity contribution in [3.63, 3.8) is 0 Å². The summed E-state index contributed by atoms with van der Waals surface area (Å²) in [4.78, 5) is 12.8. The second kappa shape index (κ2) is 7.84. The van der Waals surface area contributed by atoms with Crippen LogP contribution in [0.2, 0.25) is 0 Å². The van der Waals surface area contributed by atoms with Gasteiger partial charge in [-0.1, -0.05) is 44.4 Å². The van der Waals surface area contributed by atoms with Gasteiger partial charge in [0.2, 0.25) is 0 Å². The van der Waals surface area contributed by atoms with Crippen LogP contribution in [-0.2, 0) is 11.3 Å². The normalized spacial score (nSPS) is 20.6. The molecule has 1 saturated carbocycles. The molecular formula is C20H27NO3. The smallest absolute Gasteiger partial charge is 0.287 e. The Balaban J connectivity index is 1.79. The zero-order valence-electron chi connectivity index (χ0n) is 14.6. The van der Waals surface area contributed by atoms with Crippen molar-refractivity contribution < 1.29 is 13.9 Å². The van der Waals surface area contributed by atoms with Crippen LogP contribution in [0.1, 0.15) is 61.6 Å². The Morgan fingerprint density at radius 3 is 2.96 bits per heavy atom. The SMILES string of the molecule is CCCCC1CCCC1NC(=O)c1oc2ccccc2c1COC. The molecule has 1 amide bonds. The van der Waals surface area contributed by atoms with Crippen molar-refractivity contribution in [2.24, 2.45) is 5.92 Å². The average Bonchev–Trinajstić information content (AvgIpc) is 3.18. The molecule has 1 aliphatic rings. The molecule has 0 spiro atoms. The first-order valence-corrected chi connectivity index (χ1v) is 9.04. The van der Waals surface area contributed by atoms with Crippen LogP contribution in [0.4, 0.5) is 0 Å². The van der Waals surface area contributed by atoms with Gasteiger partial charge in [-0.3, -0.25) is 4.79 Å². The van der Waals surface area contributed by atoms with Crippen molar-refractivity contribution in [2.45, 2.75) is 58.1 Å². The number of carbonyl (C=O) groups is 1. The van der Waals surface area contributed by atoms with Crippen LogP contribution < -0.4 is 5.32 Å². The maximum Gasteiger partial charge on any atom is 0.287 e. The summed E-state index contributed by atoms with van der Waals surface area (Å²) in [5.74, 6) is 0.898. The fraction of sp³-hybridized carbons (Fsp3) is 0.550. The van der Waals surface area contributed by atoms with Gasteiger partial charge >= 0.3 is 0 Å². The molecule has 1 heterocycles. The summed E-state index contributed by atoms with van der Waals surface area (Å²) in [5.41, 5.74) is 1.58. The maximum absolute atomic E-state index is 12.8. The fourth-order valence-corrected chi connectivity index (χ4v) is 3.84. The number of methoxy groups -OCH3 is 1. The zero-order chi connectivity index (χ0) is 16.9. The van der Waals surface area contributed by atoms with Gasteiger partial charge in [-0.25, -0.2) is 0 Å². The van der Waals surface area contributed by atoms with Crippen LogP contribution in [0, 0.1) is 5.92 Å². The molecule has 2 atom stereocenters. The van der Waals surface area contributed by atoms with E-state index in [0.717, 1.165) is 23.0 Å². The summed E-state index contributed by atoms with van der Waals surface area (Å²) in [6, 6.07) is 8.01. The second-order valence-corrected chi connectivity index (χ2v) is 6.75. The van der Waals surface area contributed by atoms with Crippen LogP contribution in [0.5, 0.6) is 0 Å². The highest BCUT2D eigenvalue weighted by Gasteiger charge is 2.30. The number of ether oxygens (including phenoxy) is 1. The van der Waals surface area contributed by atoms with Crippen LogP contribution in [0.3, 0.4) is 0 Å². The number of rotatable bonds is 7. The standard InChI is InChI=1S/C20H27NO3/c1-3-4-8-14-9-7-11-17(14)21-20(22)19-16(13-23-2)15-10-5-6-12-18(15)24-19/h5-6,10,12,14,17H,3-4,7-9,11,13H2,1-2H3,(H,21,22). The number of hydrogen-bond acceptors (Lipinski definition) is 3. The van der Waals surface area contributed by atoms with Gasteiger partial charge in [0.05, 0.1) is 6.61 Å². The van der Waals surface area contributed by atoms with Crippen LogP contribution in [0.25, 0.3) is 11.0 Å². The van der Waals surface area contributed by atoms with Crippen LogP contribution in [-0.4, -0.2) is 19.1 Å². The number of hydrogen-bond donors (Lipinski definition) is 1. The minimum Gasteiger partial charge on any atom is -0.451 e. The predicted octanol–water partition coefficient (Wildman–Crippen LogP) is 4.67. The number of furan rings is 1. The molecular weight excluding hydrogens is 302 g/mol. The number of unbranched alkanes of at least 4 members (excludes halogenated alkanes) is 1. The van der Waals surface area contributed by atoms with Crippen molar-refractivity contribution in [1.29, 1.82) is 0 Å². The van der Waals surface area contributed by atoms with Gasteiger partial charge in [0.25, 0.3) is 5.91 Å². The Hall–Kier alpha value is -1.81. The molecule has 1 aromatic heterocycles. The Bertz CT molecular complexity index is 691. The topological polar surface area (TPSA) is 51.5 Å². The predicted molar refractivity (Wildman–Crippen MR) is 95.0 cm³/mol. The van der Waals surface area contributed by atoms with Gasteiger partial charge < -0.3 is 14.5 Å². The molecule has 1 aliphatic carbocycles. The molecule has 0 saturated heterocycles. The Kier molecular flexibility index (Phi) is 5.56. The van der Waals surface area contributed by atoms with E-state index in [1.807, 2.05) is 24.3 Å². The van der Waals surface area contributed by atoms with Gasteiger partial charge in [0.15, 0.2) is 5.76 Å². The lowest BCUT2D eigenvalue weighted by atomic mass is 9.96. The molecule has 4 nitrogen and oxygen atoms in total.